The molecule has 0 bridgehead atoms. The molecule has 6 aromatic carbocycles. The minimum absolute atomic E-state index is 0.0716. The van der Waals surface area contributed by atoms with Gasteiger partial charge in [0.05, 0.1) is 36.6 Å². The summed E-state index contributed by atoms with van der Waals surface area (Å²) < 4.78 is 31.0. The zero-order valence-corrected chi connectivity index (χ0v) is 32.6. The normalized spacial score (nSPS) is 11.3. The number of nitriles is 1. The van der Waals surface area contributed by atoms with Crippen molar-refractivity contribution in [1.82, 2.24) is 14.8 Å². The summed E-state index contributed by atoms with van der Waals surface area (Å²) >= 11 is 1.62. The van der Waals surface area contributed by atoms with Gasteiger partial charge in [-0.1, -0.05) is 103 Å². The molecule has 0 saturated heterocycles. The van der Waals surface area contributed by atoms with E-state index in [4.69, 9.17) is 19.6 Å². The van der Waals surface area contributed by atoms with Gasteiger partial charge in [-0.25, -0.2) is 14.1 Å². The van der Waals surface area contributed by atoms with Gasteiger partial charge in [0.25, 0.3) is 0 Å². The smallest absolute Gasteiger partial charge is 0.188 e. The van der Waals surface area contributed by atoms with Gasteiger partial charge in [-0.15, -0.1) is 16.9 Å². The number of thioether (sulfide) groups is 1. The summed E-state index contributed by atoms with van der Waals surface area (Å²) in [7, 11) is 0. The van der Waals surface area contributed by atoms with Crippen molar-refractivity contribution >= 4 is 23.1 Å². The van der Waals surface area contributed by atoms with Gasteiger partial charge in [0.1, 0.15) is 17.1 Å². The van der Waals surface area contributed by atoms with E-state index in [0.717, 1.165) is 27.1 Å². The molecule has 0 amide bonds. The second-order valence-corrected chi connectivity index (χ2v) is 14.2. The molecule has 280 valence electrons. The first kappa shape index (κ1) is 37.9. The molecule has 0 spiro atoms. The predicted molar refractivity (Wildman–Crippen MR) is 222 cm³/mol. The summed E-state index contributed by atoms with van der Waals surface area (Å²) in [5.74, 6) is 1.07. The number of nitrogens with zero attached hydrogens (tertiary/aromatic N) is 5. The highest BCUT2D eigenvalue weighted by molar-refractivity contribution is 7.98. The molecule has 0 atom stereocenters. The second-order valence-electron chi connectivity index (χ2n) is 13.4. The molecular weight excluding hydrogens is 718 g/mol. The van der Waals surface area contributed by atoms with Crippen molar-refractivity contribution in [3.05, 3.63) is 186 Å². The summed E-state index contributed by atoms with van der Waals surface area (Å²) in [6.07, 6.45) is 1.75. The van der Waals surface area contributed by atoms with Crippen LogP contribution in [0.2, 0.25) is 0 Å². The summed E-state index contributed by atoms with van der Waals surface area (Å²) in [6, 6.07) is 51.5. The van der Waals surface area contributed by atoms with Gasteiger partial charge < -0.3 is 14.4 Å². The quantitative estimate of drug-likeness (QED) is 0.0807. The summed E-state index contributed by atoms with van der Waals surface area (Å²) in [5, 5.41) is 15.2. The maximum absolute atomic E-state index is 17.0. The molecule has 0 aliphatic rings. The third kappa shape index (κ3) is 7.48. The number of anilines is 2. The molecule has 1 aromatic heterocycles. The van der Waals surface area contributed by atoms with Crippen molar-refractivity contribution in [2.45, 2.75) is 43.9 Å². The van der Waals surface area contributed by atoms with Gasteiger partial charge >= 0.3 is 0 Å². The maximum Gasteiger partial charge on any atom is 0.188 e. The van der Waals surface area contributed by atoms with Crippen LogP contribution in [0.25, 0.3) is 11.4 Å². The Labute approximate surface area is 332 Å². The van der Waals surface area contributed by atoms with Crippen molar-refractivity contribution in [2.24, 2.45) is 0 Å². The van der Waals surface area contributed by atoms with E-state index in [1.807, 2.05) is 122 Å². The van der Waals surface area contributed by atoms with E-state index in [0.29, 0.717) is 35.3 Å². The van der Waals surface area contributed by atoms with Gasteiger partial charge in [-0.05, 0) is 80.1 Å². The standard InChI is InChI=1S/C47H42FN5O2S/c1-5-54-39-29-41(45(48)42(30-39)55-33(2)3)52(38-27-25-34(31-49)26-28-38)32-44-50-46(40-23-15-16-24-43(40)56-4)51-53(44)47(35-17-9-6-10-18-35,36-19-11-7-12-20-36)37-21-13-8-14-22-37/h6-30,33H,5,32H2,1-4H3. The molecule has 1 heterocycles. The lowest BCUT2D eigenvalue weighted by molar-refractivity contribution is 0.229. The fraction of sp³-hybridized carbons (Fsp3) is 0.170. The Morgan fingerprint density at radius 3 is 1.91 bits per heavy atom. The Morgan fingerprint density at radius 2 is 1.38 bits per heavy atom. The number of hydrogen-bond acceptors (Lipinski definition) is 7. The summed E-state index contributed by atoms with van der Waals surface area (Å²) in [5.41, 5.74) is 4.11. The first-order chi connectivity index (χ1) is 27.4. The minimum atomic E-state index is -1.02. The number of halogens is 1. The molecule has 9 heteroatoms. The Balaban J connectivity index is 1.57. The highest BCUT2D eigenvalue weighted by Crippen LogP contribution is 2.44. The zero-order chi connectivity index (χ0) is 39.1. The van der Waals surface area contributed by atoms with Crippen molar-refractivity contribution in [2.75, 3.05) is 17.8 Å². The first-order valence-electron chi connectivity index (χ1n) is 18.5. The first-order valence-corrected chi connectivity index (χ1v) is 19.8. The Hall–Kier alpha value is -6.37. The van der Waals surface area contributed by atoms with Crippen LogP contribution < -0.4 is 14.4 Å². The van der Waals surface area contributed by atoms with E-state index in [2.05, 4.69) is 48.5 Å². The number of hydrogen-bond donors (Lipinski definition) is 0. The maximum atomic E-state index is 17.0. The van der Waals surface area contributed by atoms with E-state index in [1.54, 1.807) is 36.0 Å². The van der Waals surface area contributed by atoms with Crippen LogP contribution in [-0.4, -0.2) is 33.7 Å². The van der Waals surface area contributed by atoms with E-state index in [9.17, 15) is 5.26 Å². The topological polar surface area (TPSA) is 76.2 Å². The average Bonchev–Trinajstić information content (AvgIpc) is 3.66. The Bertz CT molecular complexity index is 2340. The van der Waals surface area contributed by atoms with Crippen LogP contribution in [0.5, 0.6) is 11.5 Å². The second kappa shape index (κ2) is 17.0. The Kier molecular flexibility index (Phi) is 11.5. The third-order valence-corrected chi connectivity index (χ3v) is 10.3. The minimum Gasteiger partial charge on any atom is -0.494 e. The van der Waals surface area contributed by atoms with Gasteiger partial charge in [-0.3, -0.25) is 0 Å². The van der Waals surface area contributed by atoms with Crippen LogP contribution >= 0.6 is 11.8 Å². The van der Waals surface area contributed by atoms with Gasteiger partial charge in [0.15, 0.2) is 17.4 Å². The molecule has 7 rings (SSSR count). The molecule has 0 saturated carbocycles. The highest BCUT2D eigenvalue weighted by Gasteiger charge is 2.42. The number of benzene rings is 6. The van der Waals surface area contributed by atoms with Crippen molar-refractivity contribution in [1.29, 1.82) is 5.26 Å². The number of rotatable bonds is 14. The zero-order valence-electron chi connectivity index (χ0n) is 31.8. The largest absolute Gasteiger partial charge is 0.494 e. The highest BCUT2D eigenvalue weighted by atomic mass is 32.2. The summed E-state index contributed by atoms with van der Waals surface area (Å²) in [6.45, 7) is 6.05. The lowest BCUT2D eigenvalue weighted by Crippen LogP contribution is -2.40. The van der Waals surface area contributed by atoms with Crippen molar-refractivity contribution in [3.63, 3.8) is 0 Å². The van der Waals surface area contributed by atoms with Gasteiger partial charge in [0, 0.05) is 28.3 Å². The van der Waals surface area contributed by atoms with Crippen LogP contribution in [-0.2, 0) is 12.1 Å². The SMILES string of the molecule is CCOc1cc(OC(C)C)c(F)c(N(Cc2nc(-c3ccccc3SC)nn2C(c2ccccc2)(c2ccccc2)c2ccccc2)c2ccc(C#N)cc2)c1. The van der Waals surface area contributed by atoms with Crippen molar-refractivity contribution in [3.8, 4) is 29.0 Å². The fourth-order valence-corrected chi connectivity index (χ4v) is 7.68. The van der Waals surface area contributed by atoms with Gasteiger partial charge in [-0.2, -0.15) is 5.26 Å². The Morgan fingerprint density at radius 1 is 0.804 bits per heavy atom. The molecule has 7 aromatic rings. The van der Waals surface area contributed by atoms with E-state index in [1.165, 1.54) is 0 Å². The predicted octanol–water partition coefficient (Wildman–Crippen LogP) is 11.0. The molecule has 0 aliphatic heterocycles. The van der Waals surface area contributed by atoms with E-state index >= 15 is 4.39 Å². The molecular formula is C47H42FN5O2S. The van der Waals surface area contributed by atoms with Crippen molar-refractivity contribution < 1.29 is 13.9 Å². The monoisotopic (exact) mass is 759 g/mol. The molecule has 7 nitrogen and oxygen atoms in total. The van der Waals surface area contributed by atoms with Gasteiger partial charge in [0.2, 0.25) is 0 Å². The van der Waals surface area contributed by atoms with Crippen LogP contribution in [0.3, 0.4) is 0 Å². The third-order valence-electron chi connectivity index (χ3n) is 9.48. The number of aromatic nitrogens is 3. The molecule has 56 heavy (non-hydrogen) atoms. The fourth-order valence-electron chi connectivity index (χ4n) is 7.08. The average molecular weight is 760 g/mol. The lowest BCUT2D eigenvalue weighted by Gasteiger charge is -2.37. The van der Waals surface area contributed by atoms with Crippen LogP contribution in [0.1, 0.15) is 48.8 Å². The van der Waals surface area contributed by atoms with Crippen LogP contribution in [0.15, 0.2) is 157 Å². The summed E-state index contributed by atoms with van der Waals surface area (Å²) in [4.78, 5) is 8.25. The number of ether oxygens (including phenoxy) is 2. The molecule has 0 unspecified atom stereocenters. The van der Waals surface area contributed by atoms with Crippen LogP contribution in [0, 0.1) is 17.1 Å². The van der Waals surface area contributed by atoms with Crippen LogP contribution in [0.4, 0.5) is 15.8 Å². The van der Waals surface area contributed by atoms with E-state index < -0.39 is 11.4 Å². The molecule has 0 aliphatic carbocycles. The molecule has 0 fully saturated rings. The van der Waals surface area contributed by atoms with E-state index in [-0.39, 0.29) is 24.1 Å². The molecule has 0 N–H and O–H groups in total. The lowest BCUT2D eigenvalue weighted by atomic mass is 9.77. The molecule has 0 radical (unpaired) electrons.